The number of rotatable bonds is 9. The van der Waals surface area contributed by atoms with Crippen LogP contribution in [0.3, 0.4) is 0 Å². The van der Waals surface area contributed by atoms with Crippen LogP contribution in [0.1, 0.15) is 71.0 Å². The number of benzene rings is 4. The number of carbonyl (C=O) groups is 2. The SMILES string of the molecule is COc1cc2c(cc1O)C[C@]1(C=Cc3ccccc3)[C@H](C2)[C@@H](OC(C)=O)C[C@@H](OC(=O)Cc2cccc(CO)c2)C[C@@H]2c3cc(OC)c(O)cc3CC[C@@H]21. The van der Waals surface area contributed by atoms with E-state index in [2.05, 4.69) is 24.3 Å². The van der Waals surface area contributed by atoms with Gasteiger partial charge < -0.3 is 34.3 Å². The minimum Gasteiger partial charge on any atom is -0.504 e. The first kappa shape index (κ1) is 37.1. The summed E-state index contributed by atoms with van der Waals surface area (Å²) in [5.41, 5.74) is 5.99. The van der Waals surface area contributed by atoms with Gasteiger partial charge in [-0.15, -0.1) is 0 Å². The van der Waals surface area contributed by atoms with E-state index in [1.807, 2.05) is 48.5 Å². The topological polar surface area (TPSA) is 132 Å². The van der Waals surface area contributed by atoms with Crippen molar-refractivity contribution >= 4 is 18.0 Å². The number of allylic oxidation sites excluding steroid dienone is 1. The number of ether oxygens (including phenoxy) is 4. The van der Waals surface area contributed by atoms with Gasteiger partial charge in [0.25, 0.3) is 0 Å². The van der Waals surface area contributed by atoms with Gasteiger partial charge in [-0.3, -0.25) is 9.59 Å². The quantitative estimate of drug-likeness (QED) is 0.152. The van der Waals surface area contributed by atoms with E-state index in [1.54, 1.807) is 25.3 Å². The van der Waals surface area contributed by atoms with Gasteiger partial charge in [0.15, 0.2) is 23.0 Å². The zero-order valence-corrected chi connectivity index (χ0v) is 31.0. The lowest BCUT2D eigenvalue weighted by atomic mass is 9.49. The van der Waals surface area contributed by atoms with Crippen LogP contribution in [0.25, 0.3) is 6.08 Å². The molecule has 0 amide bonds. The number of fused-ring (bicyclic) bond motifs is 6. The average molecular weight is 733 g/mol. The van der Waals surface area contributed by atoms with Gasteiger partial charge in [0.1, 0.15) is 12.2 Å². The minimum atomic E-state index is -0.608. The molecular weight excluding hydrogens is 684 g/mol. The van der Waals surface area contributed by atoms with Gasteiger partial charge in [-0.05, 0) is 107 Å². The van der Waals surface area contributed by atoms with E-state index in [0.29, 0.717) is 42.7 Å². The second-order valence-corrected chi connectivity index (χ2v) is 15.0. The van der Waals surface area contributed by atoms with E-state index >= 15 is 0 Å². The number of aryl methyl sites for hydroxylation is 1. The highest BCUT2D eigenvalue weighted by Crippen LogP contribution is 2.60. The van der Waals surface area contributed by atoms with E-state index < -0.39 is 29.6 Å². The van der Waals surface area contributed by atoms with E-state index in [9.17, 15) is 24.9 Å². The smallest absolute Gasteiger partial charge is 0.310 e. The zero-order chi connectivity index (χ0) is 38.0. The molecule has 0 saturated heterocycles. The fourth-order valence-electron chi connectivity index (χ4n) is 9.56. The van der Waals surface area contributed by atoms with Crippen LogP contribution in [-0.2, 0) is 51.4 Å². The highest BCUT2D eigenvalue weighted by atomic mass is 16.6. The van der Waals surface area contributed by atoms with Gasteiger partial charge >= 0.3 is 11.9 Å². The van der Waals surface area contributed by atoms with Crippen molar-refractivity contribution in [2.24, 2.45) is 17.3 Å². The molecule has 7 rings (SSSR count). The largest absolute Gasteiger partial charge is 0.504 e. The average Bonchev–Trinajstić information content (AvgIpc) is 3.15. The van der Waals surface area contributed by atoms with Crippen LogP contribution in [0.2, 0.25) is 0 Å². The maximum Gasteiger partial charge on any atom is 0.310 e. The first-order valence-corrected chi connectivity index (χ1v) is 18.7. The summed E-state index contributed by atoms with van der Waals surface area (Å²) < 4.78 is 23.9. The number of phenols is 2. The lowest BCUT2D eigenvalue weighted by molar-refractivity contribution is -0.164. The minimum absolute atomic E-state index is 0.0256. The molecule has 282 valence electrons. The lowest BCUT2D eigenvalue weighted by Gasteiger charge is -2.56. The van der Waals surface area contributed by atoms with Crippen molar-refractivity contribution in [2.45, 2.75) is 76.6 Å². The standard InChI is InChI=1S/C45H48O9/c1-27(47)53-41-23-34(54-44(50)17-29-10-7-11-30(16-29)26-46)22-36-35-24-43(52-3)39(48)19-31(35)12-13-37(36)45(15-14-28-8-5-4-6-9-28)25-33-20-40(49)42(51-2)21-32(33)18-38(41)45/h4-11,14-16,19-21,24,34,36-38,41,46,48-49H,12-13,17-18,22-23,25-26H2,1-3H3/t34-,36+,37-,38+,41-,45-/m0/s1. The molecule has 1 fully saturated rings. The first-order valence-electron chi connectivity index (χ1n) is 18.7. The molecule has 0 unspecified atom stereocenters. The Morgan fingerprint density at radius 1 is 0.815 bits per heavy atom. The van der Waals surface area contributed by atoms with Gasteiger partial charge in [-0.1, -0.05) is 66.7 Å². The Kier molecular flexibility index (Phi) is 10.7. The second-order valence-electron chi connectivity index (χ2n) is 15.0. The fraction of sp³-hybridized carbons (Fsp3) is 0.378. The Morgan fingerprint density at radius 3 is 2.26 bits per heavy atom. The molecule has 0 bridgehead atoms. The predicted molar refractivity (Wildman–Crippen MR) is 203 cm³/mol. The Labute approximate surface area is 316 Å². The van der Waals surface area contributed by atoms with Crippen LogP contribution in [0.15, 0.2) is 84.9 Å². The molecule has 3 aliphatic rings. The molecule has 9 nitrogen and oxygen atoms in total. The van der Waals surface area contributed by atoms with Crippen LogP contribution in [0.5, 0.6) is 23.0 Å². The van der Waals surface area contributed by atoms with Gasteiger partial charge in [0, 0.05) is 24.7 Å². The molecule has 54 heavy (non-hydrogen) atoms. The molecule has 0 aromatic heterocycles. The number of aromatic hydroxyl groups is 2. The Bertz CT molecular complexity index is 2040. The van der Waals surface area contributed by atoms with Crippen molar-refractivity contribution in [1.82, 2.24) is 0 Å². The number of aliphatic hydroxyl groups is 1. The number of hydrogen-bond donors (Lipinski definition) is 3. The van der Waals surface area contributed by atoms with E-state index in [4.69, 9.17) is 18.9 Å². The third-order valence-corrected chi connectivity index (χ3v) is 11.9. The summed E-state index contributed by atoms with van der Waals surface area (Å²) in [6, 6.07) is 24.8. The molecule has 6 atom stereocenters. The summed E-state index contributed by atoms with van der Waals surface area (Å²) in [6.07, 6.45) is 6.60. The number of esters is 2. The summed E-state index contributed by atoms with van der Waals surface area (Å²) in [4.78, 5) is 26.7. The van der Waals surface area contributed by atoms with Crippen LogP contribution < -0.4 is 9.47 Å². The summed E-state index contributed by atoms with van der Waals surface area (Å²) in [5, 5.41) is 31.5. The number of carbonyl (C=O) groups excluding carboxylic acids is 2. The van der Waals surface area contributed by atoms with Crippen molar-refractivity contribution in [3.63, 3.8) is 0 Å². The van der Waals surface area contributed by atoms with Crippen molar-refractivity contribution in [1.29, 1.82) is 0 Å². The third kappa shape index (κ3) is 7.42. The first-order chi connectivity index (χ1) is 26.1. The number of hydrogen-bond acceptors (Lipinski definition) is 9. The van der Waals surface area contributed by atoms with E-state index in [-0.39, 0.29) is 48.7 Å². The van der Waals surface area contributed by atoms with Crippen molar-refractivity contribution in [3.8, 4) is 23.0 Å². The summed E-state index contributed by atoms with van der Waals surface area (Å²) in [7, 11) is 3.07. The molecule has 0 spiro atoms. The Balaban J connectivity index is 1.39. The molecule has 9 heteroatoms. The van der Waals surface area contributed by atoms with Gasteiger partial charge in [-0.2, -0.15) is 0 Å². The molecule has 3 aliphatic carbocycles. The highest BCUT2D eigenvalue weighted by molar-refractivity contribution is 5.73. The van der Waals surface area contributed by atoms with Crippen LogP contribution >= 0.6 is 0 Å². The lowest BCUT2D eigenvalue weighted by Crippen LogP contribution is -2.54. The van der Waals surface area contributed by atoms with Gasteiger partial charge in [0.2, 0.25) is 0 Å². The number of methoxy groups -OCH3 is 2. The summed E-state index contributed by atoms with van der Waals surface area (Å²) >= 11 is 0. The van der Waals surface area contributed by atoms with Crippen LogP contribution in [0, 0.1) is 17.3 Å². The molecular formula is C45H48O9. The van der Waals surface area contributed by atoms with Crippen molar-refractivity contribution in [3.05, 3.63) is 124 Å². The molecule has 4 aromatic carbocycles. The maximum atomic E-state index is 13.7. The zero-order valence-electron chi connectivity index (χ0n) is 31.0. The normalized spacial score (nSPS) is 24.5. The predicted octanol–water partition coefficient (Wildman–Crippen LogP) is 7.25. The van der Waals surface area contributed by atoms with Gasteiger partial charge in [-0.25, -0.2) is 0 Å². The monoisotopic (exact) mass is 732 g/mol. The number of aliphatic hydroxyl groups excluding tert-OH is 1. The molecule has 0 heterocycles. The second kappa shape index (κ2) is 15.6. The molecule has 0 aliphatic heterocycles. The van der Waals surface area contributed by atoms with Crippen LogP contribution in [0.4, 0.5) is 0 Å². The highest BCUT2D eigenvalue weighted by Gasteiger charge is 2.56. The summed E-state index contributed by atoms with van der Waals surface area (Å²) in [5.74, 6) is -0.301. The summed E-state index contributed by atoms with van der Waals surface area (Å²) in [6.45, 7) is 1.29. The Morgan fingerprint density at radius 2 is 1.54 bits per heavy atom. The van der Waals surface area contributed by atoms with Crippen LogP contribution in [-0.4, -0.2) is 53.7 Å². The fourth-order valence-corrected chi connectivity index (χ4v) is 9.56. The Hall–Kier alpha value is -5.28. The maximum absolute atomic E-state index is 13.7. The van der Waals surface area contributed by atoms with E-state index in [0.717, 1.165) is 39.8 Å². The van der Waals surface area contributed by atoms with Crippen molar-refractivity contribution < 1.29 is 43.9 Å². The van der Waals surface area contributed by atoms with Crippen molar-refractivity contribution in [2.75, 3.05) is 14.2 Å². The number of phenolic OH excluding ortho intramolecular Hbond substituents is 2. The van der Waals surface area contributed by atoms with E-state index in [1.165, 1.54) is 14.0 Å². The molecule has 3 N–H and O–H groups in total. The molecule has 4 aromatic rings. The molecule has 0 radical (unpaired) electrons. The van der Waals surface area contributed by atoms with Gasteiger partial charge in [0.05, 0.1) is 27.2 Å². The third-order valence-electron chi connectivity index (χ3n) is 11.9. The molecule has 1 saturated carbocycles.